The van der Waals surface area contributed by atoms with Crippen LogP contribution in [0.5, 0.6) is 0 Å². The maximum atomic E-state index is 12.2. The summed E-state index contributed by atoms with van der Waals surface area (Å²) in [5, 5.41) is 13.1. The molecule has 1 aromatic rings. The Balaban J connectivity index is 2.10. The lowest BCUT2D eigenvalue weighted by Gasteiger charge is -2.38. The molecule has 0 saturated heterocycles. The molecule has 1 unspecified atom stereocenters. The Labute approximate surface area is 124 Å². The van der Waals surface area contributed by atoms with Crippen molar-refractivity contribution in [1.29, 1.82) is 0 Å². The number of aliphatic carboxylic acids is 1. The molecule has 1 aromatic carbocycles. The van der Waals surface area contributed by atoms with Crippen LogP contribution in [0.2, 0.25) is 0 Å². The van der Waals surface area contributed by atoms with Crippen LogP contribution < -0.4 is 5.32 Å². The van der Waals surface area contributed by atoms with Gasteiger partial charge in [-0.05, 0) is 25.3 Å². The Morgan fingerprint density at radius 1 is 1.24 bits per heavy atom. The van der Waals surface area contributed by atoms with Crippen molar-refractivity contribution < 1.29 is 18.3 Å². The highest BCUT2D eigenvalue weighted by atomic mass is 32.2. The zero-order valence-corrected chi connectivity index (χ0v) is 12.5. The molecule has 0 amide bonds. The molecule has 5 nitrogen and oxygen atoms in total. The molecule has 1 saturated carbocycles. The molecule has 1 aliphatic heterocycles. The molecule has 1 aliphatic carbocycles. The van der Waals surface area contributed by atoms with Gasteiger partial charge in [0.2, 0.25) is 0 Å². The third-order valence-electron chi connectivity index (χ3n) is 4.60. The number of carbonyl (C=O) groups is 1. The topological polar surface area (TPSA) is 83.5 Å². The van der Waals surface area contributed by atoms with Gasteiger partial charge in [0.1, 0.15) is 5.54 Å². The van der Waals surface area contributed by atoms with E-state index in [1.807, 2.05) is 0 Å². The first-order valence-corrected chi connectivity index (χ1v) is 8.94. The minimum Gasteiger partial charge on any atom is -0.480 e. The molecule has 114 valence electrons. The van der Waals surface area contributed by atoms with Crippen LogP contribution in [0.15, 0.2) is 29.2 Å². The molecule has 0 radical (unpaired) electrons. The van der Waals surface area contributed by atoms with Crippen molar-refractivity contribution in [3.8, 4) is 0 Å². The second-order valence-electron chi connectivity index (χ2n) is 5.90. The van der Waals surface area contributed by atoms with E-state index in [4.69, 9.17) is 0 Å². The number of hydrogen-bond donors (Lipinski definition) is 2. The second-order valence-corrected chi connectivity index (χ2v) is 7.98. The smallest absolute Gasteiger partial charge is 0.328 e. The molecule has 2 aliphatic rings. The summed E-state index contributed by atoms with van der Waals surface area (Å²) in [4.78, 5) is 12.1. The van der Waals surface area contributed by atoms with Crippen LogP contribution in [-0.2, 0) is 20.2 Å². The van der Waals surface area contributed by atoms with Crippen LogP contribution in [-0.4, -0.2) is 31.3 Å². The highest BCUT2D eigenvalue weighted by Crippen LogP contribution is 2.38. The Morgan fingerprint density at radius 2 is 1.90 bits per heavy atom. The van der Waals surface area contributed by atoms with Crippen LogP contribution >= 0.6 is 0 Å². The van der Waals surface area contributed by atoms with Crippen molar-refractivity contribution in [3.63, 3.8) is 0 Å². The van der Waals surface area contributed by atoms with E-state index in [1.165, 1.54) is 6.07 Å². The zero-order chi connectivity index (χ0) is 15.1. The average molecular weight is 309 g/mol. The fourth-order valence-electron chi connectivity index (χ4n) is 3.47. The average Bonchev–Trinajstić information content (AvgIpc) is 2.95. The summed E-state index contributed by atoms with van der Waals surface area (Å²) in [5.74, 6) is -1.12. The standard InChI is InChI=1S/C15H19NO4S/c17-14(18)15(16-11-5-1-2-6-11)9-10-21(19,20)13-8-4-3-7-12(13)15/h3-4,7-8,11,16H,1-2,5-6,9-10H2,(H,17,18). The van der Waals surface area contributed by atoms with Gasteiger partial charge in [-0.15, -0.1) is 0 Å². The van der Waals surface area contributed by atoms with Gasteiger partial charge in [-0.25, -0.2) is 13.2 Å². The molecule has 1 heterocycles. The number of benzene rings is 1. The SMILES string of the molecule is O=C(O)C1(NC2CCCC2)CCS(=O)(=O)c2ccccc21. The van der Waals surface area contributed by atoms with E-state index in [0.717, 1.165) is 25.7 Å². The molecule has 3 rings (SSSR count). The first-order valence-electron chi connectivity index (χ1n) is 7.29. The number of sulfone groups is 1. The summed E-state index contributed by atoms with van der Waals surface area (Å²) in [5.41, 5.74) is -0.896. The van der Waals surface area contributed by atoms with Crippen molar-refractivity contribution in [2.75, 3.05) is 5.75 Å². The third-order valence-corrected chi connectivity index (χ3v) is 6.37. The van der Waals surface area contributed by atoms with Gasteiger partial charge in [0.05, 0.1) is 10.6 Å². The lowest BCUT2D eigenvalue weighted by Crippen LogP contribution is -2.56. The molecule has 6 heteroatoms. The van der Waals surface area contributed by atoms with E-state index in [2.05, 4.69) is 5.32 Å². The van der Waals surface area contributed by atoms with Gasteiger partial charge < -0.3 is 5.11 Å². The molecule has 21 heavy (non-hydrogen) atoms. The molecular weight excluding hydrogens is 290 g/mol. The molecule has 2 N–H and O–H groups in total. The van der Waals surface area contributed by atoms with Gasteiger partial charge in [-0.2, -0.15) is 0 Å². The first kappa shape index (κ1) is 14.5. The predicted octanol–water partition coefficient (Wildman–Crippen LogP) is 1.68. The van der Waals surface area contributed by atoms with E-state index in [9.17, 15) is 18.3 Å². The van der Waals surface area contributed by atoms with Crippen LogP contribution in [0.3, 0.4) is 0 Å². The Morgan fingerprint density at radius 3 is 2.57 bits per heavy atom. The summed E-state index contributed by atoms with van der Waals surface area (Å²) < 4.78 is 24.4. The van der Waals surface area contributed by atoms with Crippen molar-refractivity contribution in [3.05, 3.63) is 29.8 Å². The van der Waals surface area contributed by atoms with Gasteiger partial charge in [-0.3, -0.25) is 5.32 Å². The van der Waals surface area contributed by atoms with Crippen LogP contribution in [0, 0.1) is 0 Å². The summed E-state index contributed by atoms with van der Waals surface area (Å²) >= 11 is 0. The molecule has 0 bridgehead atoms. The highest BCUT2D eigenvalue weighted by Gasteiger charge is 2.48. The highest BCUT2D eigenvalue weighted by molar-refractivity contribution is 7.91. The number of nitrogens with one attached hydrogen (secondary N) is 1. The van der Waals surface area contributed by atoms with Crippen LogP contribution in [0.25, 0.3) is 0 Å². The van der Waals surface area contributed by atoms with E-state index in [1.54, 1.807) is 18.2 Å². The summed E-state index contributed by atoms with van der Waals surface area (Å²) in [7, 11) is -3.38. The van der Waals surface area contributed by atoms with Crippen molar-refractivity contribution in [1.82, 2.24) is 5.32 Å². The lowest BCUT2D eigenvalue weighted by molar-refractivity contribution is -0.146. The molecule has 1 atom stereocenters. The van der Waals surface area contributed by atoms with E-state index in [0.29, 0.717) is 5.56 Å². The van der Waals surface area contributed by atoms with Crippen molar-refractivity contribution in [2.24, 2.45) is 0 Å². The van der Waals surface area contributed by atoms with Gasteiger partial charge in [-0.1, -0.05) is 31.0 Å². The normalized spacial score (nSPS) is 28.2. The number of carboxylic acid groups (broad SMARTS) is 1. The predicted molar refractivity (Wildman–Crippen MR) is 77.8 cm³/mol. The third kappa shape index (κ3) is 2.36. The number of fused-ring (bicyclic) bond motifs is 1. The first-order chi connectivity index (χ1) is 9.96. The fraction of sp³-hybridized carbons (Fsp3) is 0.533. The summed E-state index contributed by atoms with van der Waals surface area (Å²) in [6.45, 7) is 0. The van der Waals surface area contributed by atoms with Gasteiger partial charge >= 0.3 is 5.97 Å². The Bertz CT molecular complexity index is 664. The number of carboxylic acids is 1. The lowest BCUT2D eigenvalue weighted by atomic mass is 9.85. The monoisotopic (exact) mass is 309 g/mol. The Hall–Kier alpha value is -1.40. The summed E-state index contributed by atoms with van der Waals surface area (Å²) in [6.07, 6.45) is 4.16. The van der Waals surface area contributed by atoms with E-state index in [-0.39, 0.29) is 23.1 Å². The minimum atomic E-state index is -3.38. The van der Waals surface area contributed by atoms with Gasteiger partial charge in [0, 0.05) is 11.6 Å². The van der Waals surface area contributed by atoms with Crippen LogP contribution in [0.4, 0.5) is 0 Å². The van der Waals surface area contributed by atoms with Gasteiger partial charge in [0.15, 0.2) is 9.84 Å². The maximum absolute atomic E-state index is 12.2. The maximum Gasteiger partial charge on any atom is 0.328 e. The minimum absolute atomic E-state index is 0.0815. The molecular formula is C15H19NO4S. The number of hydrogen-bond acceptors (Lipinski definition) is 4. The van der Waals surface area contributed by atoms with Crippen molar-refractivity contribution in [2.45, 2.75) is 48.6 Å². The molecule has 0 aromatic heterocycles. The fourth-order valence-corrected chi connectivity index (χ4v) is 5.13. The van der Waals surface area contributed by atoms with Crippen molar-refractivity contribution >= 4 is 15.8 Å². The quantitative estimate of drug-likeness (QED) is 0.887. The largest absolute Gasteiger partial charge is 0.480 e. The summed E-state index contributed by atoms with van der Waals surface area (Å²) in [6, 6.07) is 6.63. The van der Waals surface area contributed by atoms with Gasteiger partial charge in [0.25, 0.3) is 0 Å². The zero-order valence-electron chi connectivity index (χ0n) is 11.7. The van der Waals surface area contributed by atoms with E-state index >= 15 is 0 Å². The second kappa shape index (κ2) is 5.10. The number of rotatable bonds is 3. The van der Waals surface area contributed by atoms with Crippen LogP contribution in [0.1, 0.15) is 37.7 Å². The van der Waals surface area contributed by atoms with E-state index < -0.39 is 21.3 Å². The Kier molecular flexibility index (Phi) is 3.53. The molecule has 0 spiro atoms. The molecule has 1 fully saturated rings.